The van der Waals surface area contributed by atoms with Crippen LogP contribution in [0.3, 0.4) is 0 Å². The van der Waals surface area contributed by atoms with Crippen molar-refractivity contribution < 1.29 is 19.1 Å². The fraction of sp³-hybridized carbons (Fsp3) is 0.474. The highest BCUT2D eigenvalue weighted by Gasteiger charge is 2.67. The lowest BCUT2D eigenvalue weighted by Crippen LogP contribution is -2.40. The molecule has 0 unspecified atom stereocenters. The molecule has 2 amide bonds. The van der Waals surface area contributed by atoms with Crippen LogP contribution in [0.25, 0.3) is 0 Å². The highest BCUT2D eigenvalue weighted by atomic mass is 16.5. The maximum absolute atomic E-state index is 13.1. The lowest BCUT2D eigenvalue weighted by molar-refractivity contribution is -0.124. The van der Waals surface area contributed by atoms with Crippen LogP contribution in [0, 0.1) is 35.5 Å². The van der Waals surface area contributed by atoms with E-state index in [-0.39, 0.29) is 35.5 Å². The number of anilines is 1. The van der Waals surface area contributed by atoms with Crippen molar-refractivity contribution in [2.45, 2.75) is 6.42 Å². The summed E-state index contributed by atoms with van der Waals surface area (Å²) < 4.78 is 10.6. The van der Waals surface area contributed by atoms with Gasteiger partial charge in [-0.1, -0.05) is 12.2 Å². The van der Waals surface area contributed by atoms with Crippen LogP contribution in [0.2, 0.25) is 0 Å². The largest absolute Gasteiger partial charge is 0.497 e. The Labute approximate surface area is 140 Å². The molecular formula is C19H19NO4. The van der Waals surface area contributed by atoms with Crippen molar-refractivity contribution in [1.29, 1.82) is 0 Å². The van der Waals surface area contributed by atoms with Gasteiger partial charge in [0.05, 0.1) is 31.7 Å². The minimum Gasteiger partial charge on any atom is -0.497 e. The van der Waals surface area contributed by atoms with E-state index in [4.69, 9.17) is 9.47 Å². The molecule has 0 N–H and O–H groups in total. The Morgan fingerprint density at radius 1 is 0.958 bits per heavy atom. The fourth-order valence-corrected chi connectivity index (χ4v) is 5.16. The van der Waals surface area contributed by atoms with Crippen LogP contribution in [0.5, 0.6) is 11.5 Å². The van der Waals surface area contributed by atoms with Gasteiger partial charge in [-0.25, -0.2) is 4.90 Å². The van der Waals surface area contributed by atoms with Gasteiger partial charge >= 0.3 is 0 Å². The molecule has 0 spiro atoms. The van der Waals surface area contributed by atoms with E-state index in [2.05, 4.69) is 12.2 Å². The molecule has 3 fully saturated rings. The number of rotatable bonds is 3. The zero-order valence-electron chi connectivity index (χ0n) is 13.6. The average Bonchev–Trinajstić information content (AvgIpc) is 3.39. The van der Waals surface area contributed by atoms with E-state index in [1.54, 1.807) is 25.3 Å². The van der Waals surface area contributed by atoms with Crippen LogP contribution in [0.15, 0.2) is 30.4 Å². The van der Waals surface area contributed by atoms with Crippen LogP contribution in [0.4, 0.5) is 5.69 Å². The monoisotopic (exact) mass is 325 g/mol. The minimum atomic E-state index is -0.192. The number of nitrogens with zero attached hydrogens (tertiary/aromatic N) is 1. The Hall–Kier alpha value is -2.30. The molecule has 1 aliphatic heterocycles. The van der Waals surface area contributed by atoms with E-state index < -0.39 is 0 Å². The van der Waals surface area contributed by atoms with Crippen LogP contribution in [0.1, 0.15) is 6.42 Å². The summed E-state index contributed by atoms with van der Waals surface area (Å²) in [6.45, 7) is 0. The van der Waals surface area contributed by atoms with Crippen molar-refractivity contribution in [2.75, 3.05) is 19.1 Å². The highest BCUT2D eigenvalue weighted by molar-refractivity contribution is 6.23. The predicted molar refractivity (Wildman–Crippen MR) is 86.7 cm³/mol. The summed E-state index contributed by atoms with van der Waals surface area (Å²) in [6.07, 6.45) is 5.53. The number of amides is 2. The molecule has 1 aromatic rings. The van der Waals surface area contributed by atoms with Crippen molar-refractivity contribution in [3.8, 4) is 11.5 Å². The topological polar surface area (TPSA) is 55.8 Å². The van der Waals surface area contributed by atoms with E-state index in [0.717, 1.165) is 0 Å². The molecule has 5 nitrogen and oxygen atoms in total. The van der Waals surface area contributed by atoms with E-state index in [1.165, 1.54) is 18.4 Å². The third-order valence-corrected chi connectivity index (χ3v) is 6.29. The smallest absolute Gasteiger partial charge is 0.238 e. The molecule has 6 rings (SSSR count). The Morgan fingerprint density at radius 2 is 1.58 bits per heavy atom. The molecule has 2 bridgehead atoms. The first-order valence-electron chi connectivity index (χ1n) is 8.44. The number of carbonyl (C=O) groups excluding carboxylic acids is 2. The summed E-state index contributed by atoms with van der Waals surface area (Å²) in [4.78, 5) is 27.6. The maximum Gasteiger partial charge on any atom is 0.238 e. The molecule has 0 aromatic heterocycles. The molecule has 0 radical (unpaired) electrons. The van der Waals surface area contributed by atoms with Crippen LogP contribution >= 0.6 is 0 Å². The van der Waals surface area contributed by atoms with Gasteiger partial charge < -0.3 is 9.47 Å². The first-order chi connectivity index (χ1) is 11.7. The number of carbonyl (C=O) groups is 2. The van der Waals surface area contributed by atoms with Crippen molar-refractivity contribution in [2.24, 2.45) is 35.5 Å². The zero-order chi connectivity index (χ0) is 16.6. The maximum atomic E-state index is 13.1. The van der Waals surface area contributed by atoms with Gasteiger partial charge in [0, 0.05) is 6.07 Å². The molecule has 4 aliphatic carbocycles. The first-order valence-corrected chi connectivity index (χ1v) is 8.44. The van der Waals surface area contributed by atoms with Crippen molar-refractivity contribution in [3.05, 3.63) is 30.4 Å². The Morgan fingerprint density at radius 3 is 2.12 bits per heavy atom. The number of imide groups is 1. The van der Waals surface area contributed by atoms with E-state index in [1.807, 2.05) is 0 Å². The molecular weight excluding hydrogens is 306 g/mol. The lowest BCUT2D eigenvalue weighted by atomic mass is 9.63. The quantitative estimate of drug-likeness (QED) is 0.632. The summed E-state index contributed by atoms with van der Waals surface area (Å²) in [5.41, 5.74) is 0.524. The SMILES string of the molecule is COc1ccc(N2C(=O)[C@@H]3[C@H]4C=C[C@H]([C@@H]5C[C@H]45)[C@@H]3C2=O)c(OC)c1. The second-order valence-corrected chi connectivity index (χ2v) is 7.20. The molecule has 2 saturated carbocycles. The van der Waals surface area contributed by atoms with E-state index in [9.17, 15) is 9.59 Å². The number of benzene rings is 1. The van der Waals surface area contributed by atoms with Gasteiger partial charge in [-0.3, -0.25) is 9.59 Å². The second-order valence-electron chi connectivity index (χ2n) is 7.20. The predicted octanol–water partition coefficient (Wildman–Crippen LogP) is 2.26. The highest BCUT2D eigenvalue weighted by Crippen LogP contribution is 2.65. The van der Waals surface area contributed by atoms with Crippen molar-refractivity contribution in [3.63, 3.8) is 0 Å². The molecule has 5 aliphatic rings. The van der Waals surface area contributed by atoms with Crippen LogP contribution < -0.4 is 14.4 Å². The van der Waals surface area contributed by atoms with Gasteiger partial charge in [-0.05, 0) is 42.2 Å². The van der Waals surface area contributed by atoms with Gasteiger partial charge in [0.1, 0.15) is 11.5 Å². The summed E-state index contributed by atoms with van der Waals surface area (Å²) in [7, 11) is 3.11. The van der Waals surface area contributed by atoms with Crippen molar-refractivity contribution in [1.82, 2.24) is 0 Å². The summed E-state index contributed by atoms with van der Waals surface area (Å²) in [5, 5.41) is 0. The summed E-state index contributed by atoms with van der Waals surface area (Å²) in [5.74, 6) is 2.27. The first kappa shape index (κ1) is 14.1. The normalized spacial score (nSPS) is 38.2. The number of ether oxygens (including phenoxy) is 2. The van der Waals surface area contributed by atoms with Gasteiger partial charge in [0.2, 0.25) is 11.8 Å². The number of allylic oxidation sites excluding steroid dienone is 2. The third-order valence-electron chi connectivity index (χ3n) is 6.29. The Balaban J connectivity index is 1.57. The molecule has 5 heteroatoms. The van der Waals surface area contributed by atoms with E-state index in [0.29, 0.717) is 29.0 Å². The minimum absolute atomic E-state index is 0.0711. The van der Waals surface area contributed by atoms with E-state index >= 15 is 0 Å². The van der Waals surface area contributed by atoms with Crippen molar-refractivity contribution >= 4 is 17.5 Å². The fourth-order valence-electron chi connectivity index (χ4n) is 5.16. The average molecular weight is 325 g/mol. The lowest BCUT2D eigenvalue weighted by Gasteiger charge is -2.37. The molecule has 1 saturated heterocycles. The third kappa shape index (κ3) is 1.60. The van der Waals surface area contributed by atoms with Gasteiger partial charge in [-0.15, -0.1) is 0 Å². The summed E-state index contributed by atoms with van der Waals surface area (Å²) >= 11 is 0. The second kappa shape index (κ2) is 4.62. The van der Waals surface area contributed by atoms with Crippen LogP contribution in [-0.4, -0.2) is 26.0 Å². The summed E-state index contributed by atoms with van der Waals surface area (Å²) in [6, 6.07) is 5.20. The Kier molecular flexibility index (Phi) is 2.71. The number of methoxy groups -OCH3 is 2. The standard InChI is InChI=1S/C19H19NO4/c1-23-9-3-6-14(15(7-9)24-2)20-18(21)16-10-4-5-11(13-8-12(10)13)17(16)19(20)22/h3-7,10-13,16-17H,8H2,1-2H3/t10-,11+,12+,13-,16+,17-. The molecule has 124 valence electrons. The van der Waals surface area contributed by atoms with Crippen LogP contribution in [-0.2, 0) is 9.59 Å². The Bertz CT molecular complexity index is 750. The molecule has 1 heterocycles. The molecule has 24 heavy (non-hydrogen) atoms. The molecule has 6 atom stereocenters. The number of hydrogen-bond acceptors (Lipinski definition) is 4. The van der Waals surface area contributed by atoms with Gasteiger partial charge in [0.15, 0.2) is 0 Å². The number of hydrogen-bond donors (Lipinski definition) is 0. The van der Waals surface area contributed by atoms with Gasteiger partial charge in [-0.2, -0.15) is 0 Å². The van der Waals surface area contributed by atoms with Gasteiger partial charge in [0.25, 0.3) is 0 Å². The zero-order valence-corrected chi connectivity index (χ0v) is 13.6. The molecule has 1 aromatic carbocycles.